The van der Waals surface area contributed by atoms with Gasteiger partial charge in [0.25, 0.3) is 0 Å². The maximum Gasteiger partial charge on any atom is 0.185 e. The summed E-state index contributed by atoms with van der Waals surface area (Å²) in [6.07, 6.45) is 4.05. The van der Waals surface area contributed by atoms with Gasteiger partial charge in [-0.2, -0.15) is 0 Å². The normalized spacial score (nSPS) is 18.6. The van der Waals surface area contributed by atoms with E-state index in [1.54, 1.807) is 17.4 Å². The van der Waals surface area contributed by atoms with E-state index in [1.807, 2.05) is 25.2 Å². The van der Waals surface area contributed by atoms with Crippen LogP contribution in [0.5, 0.6) is 0 Å². The Hall–Kier alpha value is -1.73. The summed E-state index contributed by atoms with van der Waals surface area (Å²) in [7, 11) is 3.98. The van der Waals surface area contributed by atoms with Gasteiger partial charge >= 0.3 is 0 Å². The molecule has 1 aromatic heterocycles. The number of hydrogen-bond acceptors (Lipinski definition) is 5. The fourth-order valence-corrected chi connectivity index (χ4v) is 3.81. The first-order valence-electron chi connectivity index (χ1n) is 8.07. The first kappa shape index (κ1) is 17.1. The van der Waals surface area contributed by atoms with Crippen LogP contribution in [-0.4, -0.2) is 43.1 Å². The van der Waals surface area contributed by atoms with Gasteiger partial charge in [0.1, 0.15) is 0 Å². The van der Waals surface area contributed by atoms with E-state index in [1.165, 1.54) is 17.0 Å². The van der Waals surface area contributed by atoms with Crippen LogP contribution in [0.4, 0.5) is 19.6 Å². The molecule has 1 aliphatic heterocycles. The number of hydrogen-bond donors (Lipinski definition) is 1. The minimum atomic E-state index is -0.812. The molecule has 0 bridgehead atoms. The lowest BCUT2D eigenvalue weighted by molar-refractivity contribution is 0.210. The van der Waals surface area contributed by atoms with E-state index < -0.39 is 11.6 Å². The second-order valence-corrected chi connectivity index (χ2v) is 7.44. The minimum Gasteiger partial charge on any atom is -0.381 e. The van der Waals surface area contributed by atoms with Gasteiger partial charge in [0.05, 0.1) is 0 Å². The zero-order valence-electron chi connectivity index (χ0n) is 13.9. The van der Waals surface area contributed by atoms with E-state index >= 15 is 0 Å². The summed E-state index contributed by atoms with van der Waals surface area (Å²) < 4.78 is 26.4. The van der Waals surface area contributed by atoms with Gasteiger partial charge in [-0.15, -0.1) is 11.3 Å². The predicted octanol–water partition coefficient (Wildman–Crippen LogP) is 3.56. The van der Waals surface area contributed by atoms with E-state index in [2.05, 4.69) is 15.2 Å². The Labute approximate surface area is 145 Å². The van der Waals surface area contributed by atoms with Crippen molar-refractivity contribution in [2.24, 2.45) is 0 Å². The van der Waals surface area contributed by atoms with Gasteiger partial charge in [0, 0.05) is 56.1 Å². The van der Waals surface area contributed by atoms with Crippen LogP contribution in [0.2, 0.25) is 0 Å². The summed E-state index contributed by atoms with van der Waals surface area (Å²) in [6.45, 7) is 2.81. The summed E-state index contributed by atoms with van der Waals surface area (Å²) in [5.74, 6) is -1.62. The Morgan fingerprint density at radius 3 is 2.88 bits per heavy atom. The lowest BCUT2D eigenvalue weighted by atomic mass is 10.1. The Morgan fingerprint density at radius 1 is 1.33 bits per heavy atom. The number of thiazole rings is 1. The van der Waals surface area contributed by atoms with Crippen LogP contribution >= 0.6 is 11.3 Å². The molecule has 7 heteroatoms. The average Bonchev–Trinajstić information content (AvgIpc) is 3.00. The molecule has 0 amide bonds. The number of likely N-dealkylation sites (tertiary alicyclic amines) is 1. The SMILES string of the molecule is CN(C)c1ncc(CN2CCCC(Nc3ccc(F)c(F)c3)C2)s1. The fourth-order valence-electron chi connectivity index (χ4n) is 2.94. The molecular formula is C17H22F2N4S. The highest BCUT2D eigenvalue weighted by Crippen LogP contribution is 2.24. The first-order chi connectivity index (χ1) is 11.5. The topological polar surface area (TPSA) is 31.4 Å². The lowest BCUT2D eigenvalue weighted by Gasteiger charge is -2.33. The number of aromatic nitrogens is 1. The van der Waals surface area contributed by atoms with Crippen molar-refractivity contribution < 1.29 is 8.78 Å². The largest absolute Gasteiger partial charge is 0.381 e. The van der Waals surface area contributed by atoms with Gasteiger partial charge in [-0.3, -0.25) is 4.90 Å². The molecule has 0 spiro atoms. The second-order valence-electron chi connectivity index (χ2n) is 6.35. The molecule has 0 aliphatic carbocycles. The summed E-state index contributed by atoms with van der Waals surface area (Å²) >= 11 is 1.70. The highest BCUT2D eigenvalue weighted by atomic mass is 32.1. The van der Waals surface area contributed by atoms with E-state index in [0.717, 1.165) is 37.6 Å². The molecule has 0 saturated carbocycles. The molecule has 2 aromatic rings. The summed E-state index contributed by atoms with van der Waals surface area (Å²) in [6, 6.07) is 4.22. The second kappa shape index (κ2) is 7.44. The van der Waals surface area contributed by atoms with Crippen LogP contribution < -0.4 is 10.2 Å². The third-order valence-electron chi connectivity index (χ3n) is 4.10. The van der Waals surface area contributed by atoms with Crippen LogP contribution in [-0.2, 0) is 6.54 Å². The summed E-state index contributed by atoms with van der Waals surface area (Å²) in [4.78, 5) is 10.0. The van der Waals surface area contributed by atoms with Gasteiger partial charge in [-0.25, -0.2) is 13.8 Å². The van der Waals surface area contributed by atoms with Crippen LogP contribution in [0.1, 0.15) is 17.7 Å². The number of piperidine rings is 1. The first-order valence-corrected chi connectivity index (χ1v) is 8.89. The van der Waals surface area contributed by atoms with Crippen molar-refractivity contribution in [1.29, 1.82) is 0 Å². The van der Waals surface area contributed by atoms with Crippen molar-refractivity contribution in [2.75, 3.05) is 37.4 Å². The molecule has 3 rings (SSSR count). The van der Waals surface area contributed by atoms with Crippen molar-refractivity contribution >= 4 is 22.2 Å². The molecule has 130 valence electrons. The van der Waals surface area contributed by atoms with Gasteiger partial charge in [-0.05, 0) is 31.5 Å². The molecule has 4 nitrogen and oxygen atoms in total. The van der Waals surface area contributed by atoms with E-state index in [9.17, 15) is 8.78 Å². The molecule has 1 saturated heterocycles. The molecule has 1 unspecified atom stereocenters. The van der Waals surface area contributed by atoms with Gasteiger partial charge in [-0.1, -0.05) is 0 Å². The van der Waals surface area contributed by atoms with Crippen LogP contribution in [0, 0.1) is 11.6 Å². The highest BCUT2D eigenvalue weighted by molar-refractivity contribution is 7.15. The van der Waals surface area contributed by atoms with Crippen molar-refractivity contribution in [1.82, 2.24) is 9.88 Å². The van der Waals surface area contributed by atoms with Gasteiger partial charge in [0.2, 0.25) is 0 Å². The van der Waals surface area contributed by atoms with Gasteiger partial charge < -0.3 is 10.2 Å². The molecule has 24 heavy (non-hydrogen) atoms. The monoisotopic (exact) mass is 352 g/mol. The fraction of sp³-hybridized carbons (Fsp3) is 0.471. The van der Waals surface area contributed by atoms with E-state index in [0.29, 0.717) is 5.69 Å². The molecule has 1 atom stereocenters. The van der Waals surface area contributed by atoms with E-state index in [4.69, 9.17) is 0 Å². The van der Waals surface area contributed by atoms with Crippen molar-refractivity contribution in [3.8, 4) is 0 Å². The van der Waals surface area contributed by atoms with Crippen LogP contribution in [0.15, 0.2) is 24.4 Å². The molecule has 1 aromatic carbocycles. The Kier molecular flexibility index (Phi) is 5.30. The molecular weight excluding hydrogens is 330 g/mol. The van der Waals surface area contributed by atoms with Crippen molar-refractivity contribution in [3.05, 3.63) is 40.9 Å². The Bertz CT molecular complexity index is 689. The van der Waals surface area contributed by atoms with Crippen LogP contribution in [0.3, 0.4) is 0 Å². The van der Waals surface area contributed by atoms with Gasteiger partial charge in [0.15, 0.2) is 16.8 Å². The van der Waals surface area contributed by atoms with Crippen molar-refractivity contribution in [2.45, 2.75) is 25.4 Å². The third-order valence-corrected chi connectivity index (χ3v) is 5.25. The van der Waals surface area contributed by atoms with E-state index in [-0.39, 0.29) is 6.04 Å². The maximum absolute atomic E-state index is 13.3. The molecule has 1 fully saturated rings. The molecule has 1 aliphatic rings. The Morgan fingerprint density at radius 2 is 2.17 bits per heavy atom. The number of benzene rings is 1. The average molecular weight is 352 g/mol. The zero-order chi connectivity index (χ0) is 17.1. The lowest BCUT2D eigenvalue weighted by Crippen LogP contribution is -2.41. The smallest absolute Gasteiger partial charge is 0.185 e. The molecule has 0 radical (unpaired) electrons. The zero-order valence-corrected chi connectivity index (χ0v) is 14.7. The van der Waals surface area contributed by atoms with Crippen LogP contribution in [0.25, 0.3) is 0 Å². The summed E-state index contributed by atoms with van der Waals surface area (Å²) in [5, 5.41) is 4.33. The highest BCUT2D eigenvalue weighted by Gasteiger charge is 2.21. The number of rotatable bonds is 5. The molecule has 1 N–H and O–H groups in total. The van der Waals surface area contributed by atoms with Crippen molar-refractivity contribution in [3.63, 3.8) is 0 Å². The number of nitrogens with one attached hydrogen (secondary N) is 1. The maximum atomic E-state index is 13.3. The number of anilines is 2. The third kappa shape index (κ3) is 4.21. The predicted molar refractivity (Wildman–Crippen MR) is 94.7 cm³/mol. The number of nitrogens with zero attached hydrogens (tertiary/aromatic N) is 3. The Balaban J connectivity index is 1.58. The summed E-state index contributed by atoms with van der Waals surface area (Å²) in [5.41, 5.74) is 0.633. The standard InChI is InChI=1S/C17H22F2N4S/c1-22(2)17-20-9-14(24-17)11-23-7-3-4-13(10-23)21-12-5-6-15(18)16(19)8-12/h5-6,8-9,13,21H,3-4,7,10-11H2,1-2H3. The minimum absolute atomic E-state index is 0.241. The quantitative estimate of drug-likeness (QED) is 0.891. The number of halogens is 2. The molecule has 2 heterocycles.